The second kappa shape index (κ2) is 2.85. The van der Waals surface area contributed by atoms with Gasteiger partial charge in [-0.25, -0.2) is 0 Å². The average Bonchev–Trinajstić information content (AvgIpc) is 2.53. The Morgan fingerprint density at radius 3 is 1.67 bits per heavy atom. The summed E-state index contributed by atoms with van der Waals surface area (Å²) in [5.74, 6) is 0. The Morgan fingerprint density at radius 1 is 1.11 bits per heavy atom. The summed E-state index contributed by atoms with van der Waals surface area (Å²) in [7, 11) is 0. The lowest BCUT2D eigenvalue weighted by Gasteiger charge is -1.77. The van der Waals surface area contributed by atoms with Crippen LogP contribution in [0.5, 0.6) is 0 Å². The van der Waals surface area contributed by atoms with Crippen molar-refractivity contribution in [2.75, 3.05) is 0 Å². The van der Waals surface area contributed by atoms with Gasteiger partial charge >= 0.3 is 0 Å². The van der Waals surface area contributed by atoms with Crippen LogP contribution in [-0.2, 0) is 0 Å². The van der Waals surface area contributed by atoms with Crippen LogP contribution in [0.3, 0.4) is 0 Å². The fraction of sp³-hybridized carbons (Fsp3) is 0.143. The molecular weight excluding hydrogens is 136 g/mol. The van der Waals surface area contributed by atoms with Gasteiger partial charge in [-0.3, -0.25) is 4.66 Å². The van der Waals surface area contributed by atoms with Crippen molar-refractivity contribution in [1.82, 2.24) is 0 Å². The van der Waals surface area contributed by atoms with Gasteiger partial charge in [-0.2, -0.15) is 0 Å². The largest absolute Gasteiger partial charge is 0.295 e. The third kappa shape index (κ3) is 1.23. The minimum absolute atomic E-state index is 1.19. The average molecular weight is 143 g/mol. The molecule has 0 aliphatic heterocycles. The maximum atomic E-state index is 6.47. The van der Waals surface area contributed by atoms with E-state index in [1.807, 2.05) is 0 Å². The topological polar surface area (TPSA) is 20.2 Å². The van der Waals surface area contributed by atoms with Gasteiger partial charge in [0.25, 0.3) is 0 Å². The van der Waals surface area contributed by atoms with Crippen LogP contribution in [0.25, 0.3) is 0 Å². The molecule has 0 unspecified atom stereocenters. The molecule has 0 saturated carbocycles. The zero-order valence-electron chi connectivity index (χ0n) is 4.84. The van der Waals surface area contributed by atoms with Gasteiger partial charge in [-0.05, 0) is 17.6 Å². The fourth-order valence-electron chi connectivity index (χ4n) is 1.01. The number of fused-ring (bicyclic) bond motifs is 2. The molecule has 1 N–H and O–H groups in total. The predicted molar refractivity (Wildman–Crippen MR) is 38.0 cm³/mol. The SMILES string of the molecule is C1=CC2=CC=C1C2.OCl. The molecule has 0 aromatic carbocycles. The third-order valence-electron chi connectivity index (χ3n) is 1.43. The second-order valence-corrected chi connectivity index (χ2v) is 1.99. The lowest BCUT2D eigenvalue weighted by molar-refractivity contribution is 0.632. The normalized spacial score (nSPS) is 18.4. The Hall–Kier alpha value is -0.530. The molecule has 0 radical (unpaired) electrons. The molecule has 0 saturated heterocycles. The maximum Gasteiger partial charge on any atom is 0.0579 e. The Balaban J connectivity index is 0.000000186. The van der Waals surface area contributed by atoms with Gasteiger partial charge in [0.05, 0.1) is 11.9 Å². The lowest BCUT2D eigenvalue weighted by atomic mass is 10.3. The fourth-order valence-corrected chi connectivity index (χ4v) is 1.01. The Morgan fingerprint density at radius 2 is 1.56 bits per heavy atom. The van der Waals surface area contributed by atoms with Crippen LogP contribution in [0, 0.1) is 0 Å². The quantitative estimate of drug-likeness (QED) is 0.548. The Labute approximate surface area is 59.1 Å². The first-order valence-corrected chi connectivity index (χ1v) is 3.04. The van der Waals surface area contributed by atoms with Gasteiger partial charge in [-0.15, -0.1) is 0 Å². The molecule has 0 spiro atoms. The van der Waals surface area contributed by atoms with Gasteiger partial charge in [0.1, 0.15) is 0 Å². The van der Waals surface area contributed by atoms with Crippen LogP contribution >= 0.6 is 11.9 Å². The summed E-state index contributed by atoms with van der Waals surface area (Å²) in [5.41, 5.74) is 2.94. The number of hydrogen-bond donors (Lipinski definition) is 1. The van der Waals surface area contributed by atoms with Crippen molar-refractivity contribution in [3.05, 3.63) is 35.5 Å². The molecule has 9 heavy (non-hydrogen) atoms. The zero-order valence-corrected chi connectivity index (χ0v) is 5.60. The van der Waals surface area contributed by atoms with Crippen molar-refractivity contribution in [2.45, 2.75) is 6.42 Å². The molecule has 2 heteroatoms. The smallest absolute Gasteiger partial charge is 0.0579 e. The van der Waals surface area contributed by atoms with Crippen LogP contribution in [0.2, 0.25) is 0 Å². The van der Waals surface area contributed by atoms with E-state index in [9.17, 15) is 0 Å². The van der Waals surface area contributed by atoms with E-state index in [1.165, 1.54) is 17.6 Å². The molecule has 0 atom stereocenters. The molecule has 0 fully saturated rings. The summed E-state index contributed by atoms with van der Waals surface area (Å²) in [4.78, 5) is 0. The number of rotatable bonds is 0. The summed E-state index contributed by atoms with van der Waals surface area (Å²) in [6.07, 6.45) is 9.90. The minimum Gasteiger partial charge on any atom is -0.295 e. The van der Waals surface area contributed by atoms with E-state index in [1.54, 1.807) is 0 Å². The highest BCUT2D eigenvalue weighted by Gasteiger charge is 2.07. The Bertz CT molecular complexity index is 169. The highest BCUT2D eigenvalue weighted by atomic mass is 35.5. The zero-order chi connectivity index (χ0) is 6.69. The molecule has 2 bridgehead atoms. The number of hydrogen-bond acceptors (Lipinski definition) is 1. The van der Waals surface area contributed by atoms with Crippen LogP contribution < -0.4 is 0 Å². The lowest BCUT2D eigenvalue weighted by Crippen LogP contribution is -1.59. The molecule has 2 aliphatic rings. The predicted octanol–water partition coefficient (Wildman–Crippen LogP) is 1.95. The van der Waals surface area contributed by atoms with E-state index in [4.69, 9.17) is 4.66 Å². The number of allylic oxidation sites excluding steroid dienone is 6. The Kier molecular flexibility index (Phi) is 2.09. The number of halogens is 1. The molecule has 0 heterocycles. The molecule has 0 aromatic heterocycles. The summed E-state index contributed by atoms with van der Waals surface area (Å²) >= 11 is 3.64. The molecule has 48 valence electrons. The van der Waals surface area contributed by atoms with Crippen molar-refractivity contribution >= 4 is 11.9 Å². The summed E-state index contributed by atoms with van der Waals surface area (Å²) in [6.45, 7) is 0. The van der Waals surface area contributed by atoms with E-state index in [0.29, 0.717) is 0 Å². The summed E-state index contributed by atoms with van der Waals surface area (Å²) in [6, 6.07) is 0. The molecule has 0 aromatic rings. The van der Waals surface area contributed by atoms with Crippen molar-refractivity contribution in [3.63, 3.8) is 0 Å². The van der Waals surface area contributed by atoms with Gasteiger partial charge in [0.15, 0.2) is 0 Å². The first-order valence-electron chi connectivity index (χ1n) is 2.70. The first-order chi connectivity index (χ1) is 4.45. The van der Waals surface area contributed by atoms with Gasteiger partial charge in [0.2, 0.25) is 0 Å². The highest BCUT2D eigenvalue weighted by molar-refractivity contribution is 6.04. The van der Waals surface area contributed by atoms with E-state index < -0.39 is 0 Å². The summed E-state index contributed by atoms with van der Waals surface area (Å²) < 4.78 is 6.47. The van der Waals surface area contributed by atoms with Crippen molar-refractivity contribution in [1.29, 1.82) is 0 Å². The van der Waals surface area contributed by atoms with E-state index >= 15 is 0 Å². The molecule has 2 aliphatic carbocycles. The maximum absolute atomic E-state index is 6.47. The van der Waals surface area contributed by atoms with E-state index in [2.05, 4.69) is 36.2 Å². The van der Waals surface area contributed by atoms with Crippen molar-refractivity contribution in [3.8, 4) is 0 Å². The first kappa shape index (κ1) is 6.59. The standard InChI is InChI=1S/C7H6.ClHO/c1-2-7-4-3-6(1)5-7;1-2/h1-4H,5H2;2H. The second-order valence-electron chi connectivity index (χ2n) is 1.99. The van der Waals surface area contributed by atoms with Gasteiger partial charge in [0, 0.05) is 0 Å². The van der Waals surface area contributed by atoms with Gasteiger partial charge < -0.3 is 0 Å². The monoisotopic (exact) mass is 142 g/mol. The van der Waals surface area contributed by atoms with E-state index in [-0.39, 0.29) is 0 Å². The van der Waals surface area contributed by atoms with Crippen molar-refractivity contribution < 1.29 is 4.66 Å². The molecular formula is C7H7ClO. The van der Waals surface area contributed by atoms with Crippen LogP contribution in [0.15, 0.2) is 35.5 Å². The van der Waals surface area contributed by atoms with Crippen LogP contribution in [0.4, 0.5) is 0 Å². The minimum atomic E-state index is 1.19. The van der Waals surface area contributed by atoms with Crippen LogP contribution in [0.1, 0.15) is 6.42 Å². The molecule has 0 amide bonds. The van der Waals surface area contributed by atoms with Crippen LogP contribution in [-0.4, -0.2) is 4.66 Å². The molecule has 2 rings (SSSR count). The van der Waals surface area contributed by atoms with Gasteiger partial charge in [-0.1, -0.05) is 24.3 Å². The van der Waals surface area contributed by atoms with E-state index in [0.717, 1.165) is 0 Å². The third-order valence-corrected chi connectivity index (χ3v) is 1.43. The summed E-state index contributed by atoms with van der Waals surface area (Å²) in [5, 5.41) is 0. The highest BCUT2D eigenvalue weighted by Crippen LogP contribution is 2.27. The molecule has 1 nitrogen and oxygen atoms in total. The van der Waals surface area contributed by atoms with Crippen molar-refractivity contribution in [2.24, 2.45) is 0 Å².